The molecule has 0 rings (SSSR count). The van der Waals surface area contributed by atoms with E-state index in [2.05, 4.69) is 0 Å². The molecule has 0 aliphatic heterocycles. The summed E-state index contributed by atoms with van der Waals surface area (Å²) in [5.74, 6) is -1.73. The summed E-state index contributed by atoms with van der Waals surface area (Å²) in [5.41, 5.74) is 5.03. The number of nitrogens with two attached hydrogens (primary N) is 1. The van der Waals surface area contributed by atoms with Crippen LogP contribution < -0.4 is 5.73 Å². The average Bonchev–Trinajstić information content (AvgIpc) is 2.43. The first-order valence-corrected chi connectivity index (χ1v) is 5.66. The first kappa shape index (κ1) is 20.5. The van der Waals surface area contributed by atoms with Crippen molar-refractivity contribution in [2.45, 2.75) is 43.9 Å². The van der Waals surface area contributed by atoms with Crippen LogP contribution in [0.2, 0.25) is 0 Å². The lowest BCUT2D eigenvalue weighted by Gasteiger charge is -2.23. The summed E-state index contributed by atoms with van der Waals surface area (Å²) in [7, 11) is 0. The molecule has 9 heteroatoms. The number of carboxylic acids is 1. The van der Waals surface area contributed by atoms with Gasteiger partial charge in [0.1, 0.15) is 18.3 Å². The molecule has 0 spiro atoms. The van der Waals surface area contributed by atoms with E-state index < -0.39 is 37.0 Å². The maximum Gasteiger partial charge on any atom is 0.335 e. The highest BCUT2D eigenvalue weighted by Crippen LogP contribution is 2.04. The fraction of sp³-hybridized carbons (Fsp3) is 0.900. The van der Waals surface area contributed by atoms with E-state index in [9.17, 15) is 4.79 Å². The summed E-state index contributed by atoms with van der Waals surface area (Å²) in [5, 5.41) is 60.4. The molecule has 0 aromatic carbocycles. The minimum Gasteiger partial charge on any atom is -0.479 e. The Morgan fingerprint density at radius 3 is 1.79 bits per heavy atom. The highest BCUT2D eigenvalue weighted by atomic mass is 16.4. The van der Waals surface area contributed by atoms with E-state index in [0.29, 0.717) is 6.54 Å². The second-order valence-electron chi connectivity index (χ2n) is 3.81. The van der Waals surface area contributed by atoms with Gasteiger partial charge in [-0.05, 0) is 6.42 Å². The van der Waals surface area contributed by atoms with Crippen molar-refractivity contribution < 1.29 is 40.5 Å². The molecule has 0 bridgehead atoms. The number of aliphatic carboxylic acids is 1. The molecule has 19 heavy (non-hydrogen) atoms. The second-order valence-corrected chi connectivity index (χ2v) is 3.81. The summed E-state index contributed by atoms with van der Waals surface area (Å²) in [4.78, 5) is 10.1. The van der Waals surface area contributed by atoms with Crippen LogP contribution in [0.25, 0.3) is 0 Å². The summed E-state index contributed by atoms with van der Waals surface area (Å²) >= 11 is 0. The van der Waals surface area contributed by atoms with Crippen molar-refractivity contribution in [2.24, 2.45) is 5.73 Å². The molecule has 0 fully saturated rings. The zero-order chi connectivity index (χ0) is 15.6. The molecule has 0 saturated heterocycles. The lowest BCUT2D eigenvalue weighted by Crippen LogP contribution is -2.48. The lowest BCUT2D eigenvalue weighted by molar-refractivity contribution is -0.164. The molecule has 0 aromatic rings. The number of hydrogen-bond acceptors (Lipinski definition) is 8. The zero-order valence-electron chi connectivity index (χ0n) is 10.6. The quantitative estimate of drug-likeness (QED) is 0.232. The third kappa shape index (κ3) is 8.83. The molecule has 9 nitrogen and oxygen atoms in total. The summed E-state index contributed by atoms with van der Waals surface area (Å²) in [6.45, 7) is 1.44. The van der Waals surface area contributed by atoms with Gasteiger partial charge in [-0.15, -0.1) is 0 Å². The number of rotatable bonds is 7. The van der Waals surface area contributed by atoms with Crippen LogP contribution in [0.4, 0.5) is 0 Å². The monoisotopic (exact) mass is 285 g/mol. The molecule has 9 N–H and O–H groups in total. The van der Waals surface area contributed by atoms with E-state index in [4.69, 9.17) is 41.5 Å². The van der Waals surface area contributed by atoms with Crippen LogP contribution in [0.15, 0.2) is 0 Å². The molecule has 116 valence electrons. The van der Waals surface area contributed by atoms with E-state index in [1.54, 1.807) is 0 Å². The van der Waals surface area contributed by atoms with Gasteiger partial charge in [-0.3, -0.25) is 0 Å². The van der Waals surface area contributed by atoms with Crippen LogP contribution in [0.5, 0.6) is 0 Å². The van der Waals surface area contributed by atoms with Crippen LogP contribution >= 0.6 is 0 Å². The third-order valence-corrected chi connectivity index (χ3v) is 2.25. The Bertz CT molecular complexity index is 236. The number of carboxylic acid groups (broad SMARTS) is 1. The van der Waals surface area contributed by atoms with E-state index >= 15 is 0 Å². The molecule has 5 unspecified atom stereocenters. The normalized spacial score (nSPS) is 18.5. The maximum atomic E-state index is 10.1. The SMILES string of the molecule is CCC(O)CN.O=C(O)C(O)C(O)C(O)C(O)CO. The Morgan fingerprint density at radius 2 is 1.58 bits per heavy atom. The standard InChI is InChI=1S/C6H12O7.C4H11NO/c7-1-2(8)3(9)4(10)5(11)6(12)13;1-2-4(6)3-5/h2-5,7-11H,1H2,(H,12,13);4,6H,2-3,5H2,1H3. The molecule has 0 heterocycles. The Morgan fingerprint density at radius 1 is 1.11 bits per heavy atom. The minimum atomic E-state index is -2.20. The van der Waals surface area contributed by atoms with Crippen molar-refractivity contribution >= 4 is 5.97 Å². The minimum absolute atomic E-state index is 0.287. The van der Waals surface area contributed by atoms with Gasteiger partial charge >= 0.3 is 5.97 Å². The Labute approximate surface area is 110 Å². The van der Waals surface area contributed by atoms with Gasteiger partial charge in [0.05, 0.1) is 12.7 Å². The maximum absolute atomic E-state index is 10.1. The second kappa shape index (κ2) is 11.1. The molecule has 0 aliphatic carbocycles. The van der Waals surface area contributed by atoms with Crippen molar-refractivity contribution in [2.75, 3.05) is 13.2 Å². The fourth-order valence-electron chi connectivity index (χ4n) is 0.835. The summed E-state index contributed by atoms with van der Waals surface area (Å²) < 4.78 is 0. The van der Waals surface area contributed by atoms with Crippen LogP contribution in [0.1, 0.15) is 13.3 Å². The van der Waals surface area contributed by atoms with E-state index in [0.717, 1.165) is 6.42 Å². The molecule has 0 radical (unpaired) electrons. The molecular weight excluding hydrogens is 262 g/mol. The Hall–Kier alpha value is -0.810. The predicted molar refractivity (Wildman–Crippen MR) is 64.1 cm³/mol. The number of aliphatic hydroxyl groups excluding tert-OH is 6. The smallest absolute Gasteiger partial charge is 0.335 e. The summed E-state index contributed by atoms with van der Waals surface area (Å²) in [6.07, 6.45) is -7.36. The van der Waals surface area contributed by atoms with Gasteiger partial charge in [0, 0.05) is 6.54 Å². The highest BCUT2D eigenvalue weighted by Gasteiger charge is 2.33. The number of carbonyl (C=O) groups is 1. The van der Waals surface area contributed by atoms with Gasteiger partial charge < -0.3 is 41.5 Å². The molecular formula is C10H23NO8. The van der Waals surface area contributed by atoms with Crippen molar-refractivity contribution in [3.63, 3.8) is 0 Å². The number of aliphatic hydroxyl groups is 6. The first-order valence-electron chi connectivity index (χ1n) is 5.66. The van der Waals surface area contributed by atoms with Crippen LogP contribution in [-0.4, -0.2) is 85.4 Å². The van der Waals surface area contributed by atoms with E-state index in [-0.39, 0.29) is 6.10 Å². The topological polar surface area (TPSA) is 185 Å². The Balaban J connectivity index is 0. The first-order chi connectivity index (χ1) is 8.72. The van der Waals surface area contributed by atoms with Crippen molar-refractivity contribution in [1.82, 2.24) is 0 Å². The molecule has 0 amide bonds. The largest absolute Gasteiger partial charge is 0.479 e. The van der Waals surface area contributed by atoms with Crippen molar-refractivity contribution in [3.8, 4) is 0 Å². The predicted octanol–water partition coefficient (Wildman–Crippen LogP) is -3.78. The molecule has 5 atom stereocenters. The van der Waals surface area contributed by atoms with Crippen LogP contribution in [-0.2, 0) is 4.79 Å². The third-order valence-electron chi connectivity index (χ3n) is 2.25. The number of hydrogen-bond donors (Lipinski definition) is 8. The zero-order valence-corrected chi connectivity index (χ0v) is 10.6. The van der Waals surface area contributed by atoms with Crippen LogP contribution in [0.3, 0.4) is 0 Å². The van der Waals surface area contributed by atoms with E-state index in [1.165, 1.54) is 0 Å². The Kier molecular flexibility index (Phi) is 11.9. The molecule has 0 aromatic heterocycles. The molecule has 0 saturated carbocycles. The van der Waals surface area contributed by atoms with Gasteiger partial charge in [0.15, 0.2) is 6.10 Å². The van der Waals surface area contributed by atoms with Gasteiger partial charge in [-0.1, -0.05) is 6.92 Å². The molecule has 0 aliphatic rings. The average molecular weight is 285 g/mol. The van der Waals surface area contributed by atoms with Gasteiger partial charge in [0.2, 0.25) is 0 Å². The fourth-order valence-corrected chi connectivity index (χ4v) is 0.835. The van der Waals surface area contributed by atoms with Gasteiger partial charge in [-0.2, -0.15) is 0 Å². The van der Waals surface area contributed by atoms with Crippen LogP contribution in [0, 0.1) is 0 Å². The van der Waals surface area contributed by atoms with Crippen molar-refractivity contribution in [1.29, 1.82) is 0 Å². The van der Waals surface area contributed by atoms with Gasteiger partial charge in [-0.25, -0.2) is 4.79 Å². The van der Waals surface area contributed by atoms with E-state index in [1.807, 2.05) is 6.92 Å². The van der Waals surface area contributed by atoms with Crippen molar-refractivity contribution in [3.05, 3.63) is 0 Å². The van der Waals surface area contributed by atoms with Gasteiger partial charge in [0.25, 0.3) is 0 Å². The summed E-state index contributed by atoms with van der Waals surface area (Å²) in [6, 6.07) is 0. The lowest BCUT2D eigenvalue weighted by atomic mass is 10.0. The highest BCUT2D eigenvalue weighted by molar-refractivity contribution is 5.72.